The van der Waals surface area contributed by atoms with Gasteiger partial charge in [-0.2, -0.15) is 0 Å². The predicted molar refractivity (Wildman–Crippen MR) is 103 cm³/mol. The van der Waals surface area contributed by atoms with Gasteiger partial charge in [0.25, 0.3) is 15.9 Å². The Labute approximate surface area is 160 Å². The van der Waals surface area contributed by atoms with Crippen molar-refractivity contribution in [2.75, 3.05) is 20.7 Å². The van der Waals surface area contributed by atoms with E-state index < -0.39 is 10.0 Å². The van der Waals surface area contributed by atoms with Crippen LogP contribution >= 0.6 is 0 Å². The third kappa shape index (κ3) is 4.21. The predicted octanol–water partition coefficient (Wildman–Crippen LogP) is 2.72. The number of carbonyl (C=O) groups excluding carboxylic acids is 1. The van der Waals surface area contributed by atoms with E-state index in [1.165, 1.54) is 31.9 Å². The molecule has 0 saturated carbocycles. The Balaban J connectivity index is 1.75. The van der Waals surface area contributed by atoms with Gasteiger partial charge in [0.1, 0.15) is 0 Å². The highest BCUT2D eigenvalue weighted by atomic mass is 32.2. The van der Waals surface area contributed by atoms with Crippen LogP contribution in [-0.2, 0) is 21.3 Å². The molecule has 1 atom stereocenters. The first-order valence-corrected chi connectivity index (χ1v) is 10.4. The number of benzene rings is 2. The first-order chi connectivity index (χ1) is 12.9. The number of nitrogens with zero attached hydrogens (tertiary/aromatic N) is 2. The summed E-state index contributed by atoms with van der Waals surface area (Å²) in [6.45, 7) is 0.725. The molecule has 27 heavy (non-hydrogen) atoms. The summed E-state index contributed by atoms with van der Waals surface area (Å²) in [4.78, 5) is 19.7. The smallest absolute Gasteiger partial charge is 0.264 e. The van der Waals surface area contributed by atoms with Crippen molar-refractivity contribution >= 4 is 15.9 Å². The molecule has 1 fully saturated rings. The van der Waals surface area contributed by atoms with Gasteiger partial charge in [-0.05, 0) is 49.1 Å². The van der Waals surface area contributed by atoms with Gasteiger partial charge in [-0.1, -0.05) is 34.8 Å². The zero-order chi connectivity index (χ0) is 19.4. The Morgan fingerprint density at radius 3 is 2.44 bits per heavy atom. The molecule has 2 aromatic carbocycles. The molecule has 1 amide bonds. The van der Waals surface area contributed by atoms with E-state index in [1.54, 1.807) is 12.1 Å². The Morgan fingerprint density at radius 1 is 1.15 bits per heavy atom. The van der Waals surface area contributed by atoms with Gasteiger partial charge >= 0.3 is 0 Å². The minimum atomic E-state index is -3.72. The van der Waals surface area contributed by atoms with Gasteiger partial charge in [-0.25, -0.2) is 8.42 Å². The van der Waals surface area contributed by atoms with Crippen molar-refractivity contribution in [3.63, 3.8) is 0 Å². The molecule has 3 rings (SSSR count). The number of hydrogen-bond donors (Lipinski definition) is 0. The van der Waals surface area contributed by atoms with Crippen molar-refractivity contribution in [3.05, 3.63) is 65.7 Å². The van der Waals surface area contributed by atoms with Gasteiger partial charge in [0.15, 0.2) is 0 Å². The van der Waals surface area contributed by atoms with Crippen LogP contribution in [0.25, 0.3) is 0 Å². The van der Waals surface area contributed by atoms with Crippen LogP contribution in [0.15, 0.2) is 59.5 Å². The summed E-state index contributed by atoms with van der Waals surface area (Å²) in [6.07, 6.45) is 2.79. The summed E-state index contributed by atoms with van der Waals surface area (Å²) in [5.74, 6) is -0.0579. The normalized spacial score (nSPS) is 17.4. The quantitative estimate of drug-likeness (QED) is 0.714. The molecule has 0 radical (unpaired) electrons. The average Bonchev–Trinajstić information content (AvgIpc) is 3.15. The monoisotopic (exact) mass is 388 g/mol. The van der Waals surface area contributed by atoms with Crippen molar-refractivity contribution in [2.45, 2.75) is 30.2 Å². The van der Waals surface area contributed by atoms with E-state index in [0.717, 1.165) is 30.3 Å². The molecule has 1 aliphatic rings. The van der Waals surface area contributed by atoms with E-state index in [-0.39, 0.29) is 16.8 Å². The highest BCUT2D eigenvalue weighted by Crippen LogP contribution is 2.24. The maximum absolute atomic E-state index is 12.9. The molecular weight excluding hydrogens is 364 g/mol. The van der Waals surface area contributed by atoms with Crippen molar-refractivity contribution in [2.24, 2.45) is 0 Å². The molecule has 0 spiro atoms. The Kier molecular flexibility index (Phi) is 5.94. The van der Waals surface area contributed by atoms with Crippen LogP contribution in [0.3, 0.4) is 0 Å². The van der Waals surface area contributed by atoms with Crippen LogP contribution in [-0.4, -0.2) is 50.4 Å². The van der Waals surface area contributed by atoms with Crippen LogP contribution in [0.2, 0.25) is 0 Å². The first kappa shape index (κ1) is 19.5. The van der Waals surface area contributed by atoms with Crippen LogP contribution in [0.1, 0.15) is 28.8 Å². The first-order valence-electron chi connectivity index (χ1n) is 8.91. The van der Waals surface area contributed by atoms with Gasteiger partial charge in [-0.3, -0.25) is 9.63 Å². The van der Waals surface area contributed by atoms with Crippen molar-refractivity contribution in [1.82, 2.24) is 9.37 Å². The zero-order valence-corrected chi connectivity index (χ0v) is 16.4. The molecule has 0 aromatic heterocycles. The highest BCUT2D eigenvalue weighted by Gasteiger charge is 2.30. The molecule has 0 N–H and O–H groups in total. The largest absolute Gasteiger partial charge is 0.335 e. The molecule has 1 saturated heterocycles. The highest BCUT2D eigenvalue weighted by molar-refractivity contribution is 7.89. The Morgan fingerprint density at radius 2 is 1.81 bits per heavy atom. The Hall–Kier alpha value is -2.22. The number of amides is 1. The molecule has 1 aliphatic heterocycles. The SMILES string of the molecule is CON(C)S(=O)(=O)c1ccc(C(=O)N2CCCC2Cc2ccccc2)cc1. The van der Waals surface area contributed by atoms with Crippen LogP contribution in [0.5, 0.6) is 0 Å². The lowest BCUT2D eigenvalue weighted by Crippen LogP contribution is -2.36. The molecule has 1 heterocycles. The lowest BCUT2D eigenvalue weighted by atomic mass is 10.0. The van der Waals surface area contributed by atoms with Crippen molar-refractivity contribution in [1.29, 1.82) is 0 Å². The topological polar surface area (TPSA) is 66.9 Å². The van der Waals surface area contributed by atoms with Crippen LogP contribution < -0.4 is 0 Å². The fourth-order valence-corrected chi connectivity index (χ4v) is 4.36. The summed E-state index contributed by atoms with van der Waals surface area (Å²) in [6, 6.07) is 16.3. The maximum atomic E-state index is 12.9. The molecule has 7 heteroatoms. The van der Waals surface area contributed by atoms with Gasteiger partial charge in [0.2, 0.25) is 0 Å². The zero-order valence-electron chi connectivity index (χ0n) is 15.5. The van der Waals surface area contributed by atoms with E-state index >= 15 is 0 Å². The summed E-state index contributed by atoms with van der Waals surface area (Å²) >= 11 is 0. The summed E-state index contributed by atoms with van der Waals surface area (Å²) < 4.78 is 25.3. The molecule has 2 aromatic rings. The van der Waals surface area contributed by atoms with E-state index in [9.17, 15) is 13.2 Å². The molecule has 1 unspecified atom stereocenters. The third-order valence-electron chi connectivity index (χ3n) is 4.95. The molecule has 6 nitrogen and oxygen atoms in total. The van der Waals surface area contributed by atoms with Gasteiger partial charge in [0.05, 0.1) is 12.0 Å². The number of rotatable bonds is 6. The fourth-order valence-electron chi connectivity index (χ4n) is 3.38. The van der Waals surface area contributed by atoms with Crippen LogP contribution in [0, 0.1) is 0 Å². The van der Waals surface area contributed by atoms with Crippen molar-refractivity contribution < 1.29 is 18.0 Å². The van der Waals surface area contributed by atoms with E-state index in [4.69, 9.17) is 4.84 Å². The summed E-state index contributed by atoms with van der Waals surface area (Å²) in [7, 11) is -1.10. The van der Waals surface area contributed by atoms with E-state index in [0.29, 0.717) is 5.56 Å². The average molecular weight is 388 g/mol. The molecule has 0 bridgehead atoms. The van der Waals surface area contributed by atoms with Gasteiger partial charge < -0.3 is 4.90 Å². The summed E-state index contributed by atoms with van der Waals surface area (Å²) in [5.41, 5.74) is 1.71. The maximum Gasteiger partial charge on any atom is 0.264 e. The lowest BCUT2D eigenvalue weighted by Gasteiger charge is -2.25. The van der Waals surface area contributed by atoms with E-state index in [2.05, 4.69) is 12.1 Å². The lowest BCUT2D eigenvalue weighted by molar-refractivity contribution is -0.0258. The number of hydroxylamine groups is 1. The third-order valence-corrected chi connectivity index (χ3v) is 6.64. The number of hydrogen-bond acceptors (Lipinski definition) is 4. The number of sulfonamides is 1. The van der Waals surface area contributed by atoms with Gasteiger partial charge in [0, 0.05) is 25.2 Å². The second-order valence-electron chi connectivity index (χ2n) is 6.61. The van der Waals surface area contributed by atoms with E-state index in [1.807, 2.05) is 23.1 Å². The Bertz CT molecular complexity index is 882. The standard InChI is InChI=1S/C20H24N2O4S/c1-21(26-2)27(24,25)19-12-10-17(11-13-19)20(23)22-14-6-9-18(22)15-16-7-4-3-5-8-16/h3-5,7-8,10-13,18H,6,9,14-15H2,1-2H3. The minimum absolute atomic E-state index is 0.0579. The number of carbonyl (C=O) groups is 1. The second kappa shape index (κ2) is 8.21. The fraction of sp³-hybridized carbons (Fsp3) is 0.350. The number of likely N-dealkylation sites (tertiary alicyclic amines) is 1. The minimum Gasteiger partial charge on any atom is -0.335 e. The molecule has 0 aliphatic carbocycles. The molecular formula is C20H24N2O4S. The van der Waals surface area contributed by atoms with Crippen LogP contribution in [0.4, 0.5) is 0 Å². The van der Waals surface area contributed by atoms with Gasteiger partial charge in [-0.15, -0.1) is 0 Å². The van der Waals surface area contributed by atoms with Crippen molar-refractivity contribution in [3.8, 4) is 0 Å². The molecule has 144 valence electrons. The summed E-state index contributed by atoms with van der Waals surface area (Å²) in [5, 5.41) is 0. The second-order valence-corrected chi connectivity index (χ2v) is 8.54.